The summed E-state index contributed by atoms with van der Waals surface area (Å²) < 4.78 is 0. The normalized spacial score (nSPS) is 31.6. The average molecular weight is 224 g/mol. The Morgan fingerprint density at radius 1 is 1.31 bits per heavy atom. The lowest BCUT2D eigenvalue weighted by molar-refractivity contribution is -0.135. The second-order valence-corrected chi connectivity index (χ2v) is 5.74. The smallest absolute Gasteiger partial charge is 0.225 e. The zero-order valence-electron chi connectivity index (χ0n) is 10.7. The van der Waals surface area contributed by atoms with Gasteiger partial charge in [0.25, 0.3) is 0 Å². The molecule has 0 aromatic heterocycles. The van der Waals surface area contributed by atoms with Gasteiger partial charge in [0.15, 0.2) is 0 Å². The van der Waals surface area contributed by atoms with Crippen LogP contribution in [-0.2, 0) is 4.79 Å². The molecule has 16 heavy (non-hydrogen) atoms. The van der Waals surface area contributed by atoms with Crippen molar-refractivity contribution in [2.24, 2.45) is 17.8 Å². The van der Waals surface area contributed by atoms with Crippen LogP contribution in [0.5, 0.6) is 0 Å². The Morgan fingerprint density at radius 3 is 2.69 bits per heavy atom. The lowest BCUT2D eigenvalue weighted by Crippen LogP contribution is -2.41. The predicted molar refractivity (Wildman–Crippen MR) is 65.1 cm³/mol. The molecule has 0 aromatic carbocycles. The average Bonchev–Trinajstić information content (AvgIpc) is 2.70. The maximum absolute atomic E-state index is 12.2. The summed E-state index contributed by atoms with van der Waals surface area (Å²) in [6, 6.07) is 0.567. The van der Waals surface area contributed by atoms with Crippen molar-refractivity contribution in [3.05, 3.63) is 0 Å². The Morgan fingerprint density at radius 2 is 2.06 bits per heavy atom. The molecule has 92 valence electrons. The topological polar surface area (TPSA) is 32.3 Å². The molecule has 0 radical (unpaired) electrons. The van der Waals surface area contributed by atoms with Crippen LogP contribution in [0.1, 0.15) is 33.6 Å². The van der Waals surface area contributed by atoms with E-state index in [0.717, 1.165) is 19.6 Å². The third-order valence-corrected chi connectivity index (χ3v) is 4.30. The van der Waals surface area contributed by atoms with Crippen LogP contribution in [-0.4, -0.2) is 36.5 Å². The number of piperidine rings is 1. The van der Waals surface area contributed by atoms with Crippen molar-refractivity contribution in [1.29, 1.82) is 0 Å². The number of likely N-dealkylation sites (tertiary alicyclic amines) is 1. The van der Waals surface area contributed by atoms with E-state index in [1.807, 2.05) is 0 Å². The quantitative estimate of drug-likeness (QED) is 0.770. The highest BCUT2D eigenvalue weighted by Crippen LogP contribution is 2.27. The summed E-state index contributed by atoms with van der Waals surface area (Å²) in [6.45, 7) is 9.35. The van der Waals surface area contributed by atoms with E-state index in [9.17, 15) is 4.79 Å². The molecule has 0 aliphatic carbocycles. The second-order valence-electron chi connectivity index (χ2n) is 5.74. The maximum atomic E-state index is 12.2. The lowest BCUT2D eigenvalue weighted by atomic mass is 9.94. The van der Waals surface area contributed by atoms with Gasteiger partial charge in [0.1, 0.15) is 0 Å². The van der Waals surface area contributed by atoms with E-state index in [0.29, 0.717) is 23.8 Å². The largest absolute Gasteiger partial charge is 0.341 e. The van der Waals surface area contributed by atoms with E-state index in [-0.39, 0.29) is 5.92 Å². The molecule has 0 bridgehead atoms. The highest BCUT2D eigenvalue weighted by molar-refractivity contribution is 5.79. The van der Waals surface area contributed by atoms with Crippen molar-refractivity contribution in [3.63, 3.8) is 0 Å². The molecule has 1 amide bonds. The molecule has 0 saturated carbocycles. The number of fused-ring (bicyclic) bond motifs is 1. The zero-order chi connectivity index (χ0) is 11.7. The third kappa shape index (κ3) is 2.24. The third-order valence-electron chi connectivity index (χ3n) is 4.30. The van der Waals surface area contributed by atoms with Gasteiger partial charge >= 0.3 is 0 Å². The minimum Gasteiger partial charge on any atom is -0.341 e. The molecule has 2 aliphatic rings. The molecule has 2 rings (SSSR count). The lowest BCUT2D eigenvalue weighted by Gasteiger charge is -2.24. The first-order valence-electron chi connectivity index (χ1n) is 6.61. The molecule has 2 heterocycles. The van der Waals surface area contributed by atoms with Crippen LogP contribution in [0.25, 0.3) is 0 Å². The van der Waals surface area contributed by atoms with Crippen molar-refractivity contribution >= 4 is 5.91 Å². The maximum Gasteiger partial charge on any atom is 0.225 e. The number of nitrogens with zero attached hydrogens (tertiary/aromatic N) is 1. The van der Waals surface area contributed by atoms with E-state index >= 15 is 0 Å². The Bertz CT molecular complexity index is 251. The highest BCUT2D eigenvalue weighted by Gasteiger charge is 2.37. The number of hydrogen-bond donors (Lipinski definition) is 1. The number of hydrogen-bond acceptors (Lipinski definition) is 2. The first kappa shape index (κ1) is 11.9. The van der Waals surface area contributed by atoms with E-state index < -0.39 is 0 Å². The second kappa shape index (κ2) is 4.74. The monoisotopic (exact) mass is 224 g/mol. The van der Waals surface area contributed by atoms with Crippen LogP contribution < -0.4 is 5.32 Å². The number of rotatable bonds is 2. The summed E-state index contributed by atoms with van der Waals surface area (Å²) in [6.07, 6.45) is 2.56. The van der Waals surface area contributed by atoms with Crippen molar-refractivity contribution in [2.75, 3.05) is 19.6 Å². The summed E-state index contributed by atoms with van der Waals surface area (Å²) in [5.74, 6) is 1.67. The molecule has 2 saturated heterocycles. The van der Waals surface area contributed by atoms with Crippen LogP contribution >= 0.6 is 0 Å². The number of amides is 1. The highest BCUT2D eigenvalue weighted by atomic mass is 16.2. The van der Waals surface area contributed by atoms with Crippen molar-refractivity contribution in [1.82, 2.24) is 10.2 Å². The fourth-order valence-electron chi connectivity index (χ4n) is 2.80. The standard InChI is InChI=1S/C13H24N2O/c1-9(2)10(3)13(16)15-7-11-5-4-6-14-12(11)8-15/h9-12,14H,4-8H2,1-3H3/t10?,11-,12+/m0/s1. The Kier molecular flexibility index (Phi) is 3.53. The van der Waals surface area contributed by atoms with E-state index in [2.05, 4.69) is 31.0 Å². The van der Waals surface area contributed by atoms with Crippen molar-refractivity contribution in [3.8, 4) is 0 Å². The van der Waals surface area contributed by atoms with Crippen LogP contribution in [0.15, 0.2) is 0 Å². The minimum absolute atomic E-state index is 0.167. The minimum atomic E-state index is 0.167. The Labute approximate surface area is 98.6 Å². The van der Waals surface area contributed by atoms with E-state index in [4.69, 9.17) is 0 Å². The van der Waals surface area contributed by atoms with Gasteiger partial charge in [-0.25, -0.2) is 0 Å². The fourth-order valence-corrected chi connectivity index (χ4v) is 2.80. The van der Waals surface area contributed by atoms with Gasteiger partial charge in [0.2, 0.25) is 5.91 Å². The van der Waals surface area contributed by atoms with Gasteiger partial charge in [-0.1, -0.05) is 20.8 Å². The molecule has 1 N–H and O–H groups in total. The van der Waals surface area contributed by atoms with Crippen LogP contribution in [0.2, 0.25) is 0 Å². The molecule has 3 nitrogen and oxygen atoms in total. The van der Waals surface area contributed by atoms with Crippen LogP contribution in [0, 0.1) is 17.8 Å². The van der Waals surface area contributed by atoms with Crippen molar-refractivity contribution < 1.29 is 4.79 Å². The molecule has 1 unspecified atom stereocenters. The number of nitrogens with one attached hydrogen (secondary N) is 1. The molecular weight excluding hydrogens is 200 g/mol. The van der Waals surface area contributed by atoms with E-state index in [1.54, 1.807) is 0 Å². The van der Waals surface area contributed by atoms with Gasteiger partial charge in [-0.15, -0.1) is 0 Å². The molecule has 0 spiro atoms. The van der Waals surface area contributed by atoms with Gasteiger partial charge in [0, 0.05) is 25.0 Å². The zero-order valence-corrected chi connectivity index (χ0v) is 10.7. The van der Waals surface area contributed by atoms with E-state index in [1.165, 1.54) is 12.8 Å². The summed E-state index contributed by atoms with van der Waals surface area (Å²) in [5, 5.41) is 3.54. The van der Waals surface area contributed by atoms with Crippen molar-refractivity contribution in [2.45, 2.75) is 39.7 Å². The molecular formula is C13H24N2O. The molecule has 2 fully saturated rings. The molecule has 0 aromatic rings. The van der Waals surface area contributed by atoms with Gasteiger partial charge < -0.3 is 10.2 Å². The number of carbonyl (C=O) groups is 1. The van der Waals surface area contributed by atoms with Gasteiger partial charge in [0.05, 0.1) is 0 Å². The summed E-state index contributed by atoms with van der Waals surface area (Å²) in [7, 11) is 0. The summed E-state index contributed by atoms with van der Waals surface area (Å²) in [5.41, 5.74) is 0. The first-order chi connectivity index (χ1) is 7.59. The Hall–Kier alpha value is -0.570. The van der Waals surface area contributed by atoms with Crippen LogP contribution in [0.4, 0.5) is 0 Å². The van der Waals surface area contributed by atoms with Gasteiger partial charge in [-0.05, 0) is 31.2 Å². The SMILES string of the molecule is CC(C)C(C)C(=O)N1C[C@@H]2CCCN[C@@H]2C1. The Balaban J connectivity index is 1.94. The fraction of sp³-hybridized carbons (Fsp3) is 0.923. The first-order valence-corrected chi connectivity index (χ1v) is 6.61. The van der Waals surface area contributed by atoms with Gasteiger partial charge in [-0.2, -0.15) is 0 Å². The molecule has 3 atom stereocenters. The van der Waals surface area contributed by atoms with Gasteiger partial charge in [-0.3, -0.25) is 4.79 Å². The number of carbonyl (C=O) groups excluding carboxylic acids is 1. The molecule has 2 aliphatic heterocycles. The predicted octanol–water partition coefficient (Wildman–Crippen LogP) is 1.49. The summed E-state index contributed by atoms with van der Waals surface area (Å²) >= 11 is 0. The van der Waals surface area contributed by atoms with Crippen LogP contribution in [0.3, 0.4) is 0 Å². The summed E-state index contributed by atoms with van der Waals surface area (Å²) in [4.78, 5) is 14.3. The molecule has 3 heteroatoms.